The molecule has 0 bridgehead atoms. The van der Waals surface area contributed by atoms with Crippen LogP contribution in [-0.4, -0.2) is 17.5 Å². The van der Waals surface area contributed by atoms with E-state index in [1.54, 1.807) is 0 Å². The van der Waals surface area contributed by atoms with Gasteiger partial charge in [0.1, 0.15) is 5.75 Å². The summed E-state index contributed by atoms with van der Waals surface area (Å²) in [7, 11) is 0. The van der Waals surface area contributed by atoms with Gasteiger partial charge >= 0.3 is 0 Å². The first-order chi connectivity index (χ1) is 13.3. The highest BCUT2D eigenvalue weighted by molar-refractivity contribution is 5.97. The van der Waals surface area contributed by atoms with Crippen molar-refractivity contribution in [3.05, 3.63) is 59.8 Å². The zero-order valence-corrected chi connectivity index (χ0v) is 16.7. The lowest BCUT2D eigenvalue weighted by molar-refractivity contribution is -0.119. The van der Waals surface area contributed by atoms with Gasteiger partial charge in [-0.3, -0.25) is 9.78 Å². The number of rotatable bonds is 6. The van der Waals surface area contributed by atoms with Gasteiger partial charge in [-0.05, 0) is 46.7 Å². The van der Waals surface area contributed by atoms with Crippen molar-refractivity contribution in [2.45, 2.75) is 33.7 Å². The average molecular weight is 377 g/mol. The Morgan fingerprint density at radius 3 is 2.43 bits per heavy atom. The molecule has 0 saturated heterocycles. The number of hydrogen-bond donors (Lipinski definition) is 2. The Bertz CT molecular complexity index is 992. The van der Waals surface area contributed by atoms with Crippen molar-refractivity contribution in [1.82, 2.24) is 4.98 Å². The fourth-order valence-corrected chi connectivity index (χ4v) is 3.38. The highest BCUT2D eigenvalue weighted by atomic mass is 16.5. The van der Waals surface area contributed by atoms with Crippen molar-refractivity contribution in [2.75, 3.05) is 6.61 Å². The number of nitrogens with zero attached hydrogens (tertiary/aromatic N) is 1. The van der Waals surface area contributed by atoms with E-state index in [1.807, 2.05) is 36.4 Å². The molecule has 0 aliphatic heterocycles. The van der Waals surface area contributed by atoms with Crippen molar-refractivity contribution in [3.63, 3.8) is 0 Å². The molecule has 28 heavy (non-hydrogen) atoms. The molecule has 0 spiro atoms. The minimum atomic E-state index is -0.510. The van der Waals surface area contributed by atoms with Gasteiger partial charge in [-0.1, -0.05) is 51.1 Å². The third-order valence-corrected chi connectivity index (χ3v) is 4.49. The molecule has 5 heteroatoms. The van der Waals surface area contributed by atoms with Crippen LogP contribution in [0, 0.1) is 5.41 Å². The summed E-state index contributed by atoms with van der Waals surface area (Å²) in [5, 5.41) is 0.950. The van der Waals surface area contributed by atoms with Crippen molar-refractivity contribution in [2.24, 2.45) is 16.9 Å². The predicted molar refractivity (Wildman–Crippen MR) is 113 cm³/mol. The maximum absolute atomic E-state index is 11.1. The van der Waals surface area contributed by atoms with E-state index in [0.29, 0.717) is 12.3 Å². The van der Waals surface area contributed by atoms with Crippen molar-refractivity contribution in [3.8, 4) is 16.9 Å². The largest absolute Gasteiger partial charge is 0.484 e. The number of fused-ring (bicyclic) bond motifs is 1. The number of aromatic nitrogens is 1. The minimum absolute atomic E-state index is 0.0864. The van der Waals surface area contributed by atoms with Crippen LogP contribution < -0.4 is 16.2 Å². The molecule has 0 atom stereocenters. The van der Waals surface area contributed by atoms with E-state index >= 15 is 0 Å². The fourth-order valence-electron chi connectivity index (χ4n) is 3.38. The molecular weight excluding hydrogens is 350 g/mol. The van der Waals surface area contributed by atoms with Gasteiger partial charge in [0.25, 0.3) is 5.91 Å². The molecule has 1 heterocycles. The highest BCUT2D eigenvalue weighted by Crippen LogP contribution is 2.36. The summed E-state index contributed by atoms with van der Waals surface area (Å²) in [4.78, 5) is 16.0. The first-order valence-electron chi connectivity index (χ1n) is 9.40. The van der Waals surface area contributed by atoms with Gasteiger partial charge in [-0.25, -0.2) is 0 Å². The first-order valence-corrected chi connectivity index (χ1v) is 9.40. The molecule has 0 saturated carbocycles. The standard InChI is InChI=1S/C23H27N3O2/c1-23(2,3)12-20-18(13-24)22(15-7-5-4-6-8-15)17-11-16(28-14-21(25)27)9-10-19(17)26-20/h4-11H,12-14,24H2,1-3H3,(H2,25,27). The number of primary amides is 1. The monoisotopic (exact) mass is 377 g/mol. The second kappa shape index (κ2) is 7.98. The van der Waals surface area contributed by atoms with E-state index in [0.717, 1.165) is 39.7 Å². The number of amides is 1. The summed E-state index contributed by atoms with van der Waals surface area (Å²) >= 11 is 0. The number of ether oxygens (including phenoxy) is 1. The summed E-state index contributed by atoms with van der Waals surface area (Å²) in [5.41, 5.74) is 16.6. The van der Waals surface area contributed by atoms with Crippen LogP contribution >= 0.6 is 0 Å². The Balaban J connectivity index is 2.26. The fraction of sp³-hybridized carbons (Fsp3) is 0.304. The maximum atomic E-state index is 11.1. The Kier molecular flexibility index (Phi) is 5.66. The minimum Gasteiger partial charge on any atom is -0.484 e. The molecule has 4 N–H and O–H groups in total. The lowest BCUT2D eigenvalue weighted by Gasteiger charge is -2.23. The molecule has 146 valence electrons. The SMILES string of the molecule is CC(C)(C)Cc1nc2ccc(OCC(N)=O)cc2c(-c2ccccc2)c1CN. The number of carbonyl (C=O) groups excluding carboxylic acids is 1. The Morgan fingerprint density at radius 1 is 1.11 bits per heavy atom. The molecule has 0 unspecified atom stereocenters. The summed E-state index contributed by atoms with van der Waals surface area (Å²) < 4.78 is 5.52. The van der Waals surface area contributed by atoms with Crippen molar-refractivity contribution >= 4 is 16.8 Å². The van der Waals surface area contributed by atoms with Crippen LogP contribution in [0.2, 0.25) is 0 Å². The Morgan fingerprint density at radius 2 is 1.82 bits per heavy atom. The lowest BCUT2D eigenvalue weighted by atomic mass is 9.85. The van der Waals surface area contributed by atoms with Crippen LogP contribution in [0.25, 0.3) is 22.0 Å². The Hall–Kier alpha value is -2.92. The molecular formula is C23H27N3O2. The second-order valence-electron chi connectivity index (χ2n) is 8.15. The van der Waals surface area contributed by atoms with Crippen LogP contribution in [-0.2, 0) is 17.8 Å². The van der Waals surface area contributed by atoms with Crippen LogP contribution in [0.1, 0.15) is 32.0 Å². The summed E-state index contributed by atoms with van der Waals surface area (Å²) in [6, 6.07) is 15.8. The summed E-state index contributed by atoms with van der Waals surface area (Å²) in [6.07, 6.45) is 0.829. The molecule has 0 fully saturated rings. The topological polar surface area (TPSA) is 91.2 Å². The van der Waals surface area contributed by atoms with Gasteiger partial charge in [0.15, 0.2) is 6.61 Å². The number of pyridine rings is 1. The van der Waals surface area contributed by atoms with Gasteiger partial charge in [0, 0.05) is 17.6 Å². The van der Waals surface area contributed by atoms with Crippen LogP contribution in [0.5, 0.6) is 5.75 Å². The van der Waals surface area contributed by atoms with Gasteiger partial charge in [0.2, 0.25) is 0 Å². The molecule has 5 nitrogen and oxygen atoms in total. The molecule has 1 aromatic heterocycles. The molecule has 0 aliphatic rings. The van der Waals surface area contributed by atoms with Crippen LogP contribution in [0.15, 0.2) is 48.5 Å². The third-order valence-electron chi connectivity index (χ3n) is 4.49. The summed E-state index contributed by atoms with van der Waals surface area (Å²) in [6.45, 7) is 6.82. The van der Waals surface area contributed by atoms with Gasteiger partial charge < -0.3 is 16.2 Å². The second-order valence-corrected chi connectivity index (χ2v) is 8.15. The molecule has 1 amide bonds. The smallest absolute Gasteiger partial charge is 0.255 e. The lowest BCUT2D eigenvalue weighted by Crippen LogP contribution is -2.20. The van der Waals surface area contributed by atoms with Gasteiger partial charge in [-0.2, -0.15) is 0 Å². The number of hydrogen-bond acceptors (Lipinski definition) is 4. The van der Waals surface area contributed by atoms with Crippen LogP contribution in [0.3, 0.4) is 0 Å². The van der Waals surface area contributed by atoms with Crippen molar-refractivity contribution < 1.29 is 9.53 Å². The maximum Gasteiger partial charge on any atom is 0.255 e. The quantitative estimate of drug-likeness (QED) is 0.683. The molecule has 2 aromatic carbocycles. The third kappa shape index (κ3) is 4.49. The van der Waals surface area contributed by atoms with E-state index in [-0.39, 0.29) is 12.0 Å². The van der Waals surface area contributed by atoms with Crippen molar-refractivity contribution in [1.29, 1.82) is 0 Å². The average Bonchev–Trinajstić information content (AvgIpc) is 2.64. The van der Waals surface area contributed by atoms with E-state index in [1.165, 1.54) is 0 Å². The zero-order valence-electron chi connectivity index (χ0n) is 16.7. The van der Waals surface area contributed by atoms with E-state index in [4.69, 9.17) is 21.2 Å². The van der Waals surface area contributed by atoms with Gasteiger partial charge in [0.05, 0.1) is 5.52 Å². The highest BCUT2D eigenvalue weighted by Gasteiger charge is 2.20. The molecule has 0 radical (unpaired) electrons. The first kappa shape index (κ1) is 19.8. The Labute approximate surface area is 165 Å². The number of benzene rings is 2. The number of nitrogens with two attached hydrogens (primary N) is 2. The predicted octanol–water partition coefficient (Wildman–Crippen LogP) is 3.81. The van der Waals surface area contributed by atoms with E-state index in [9.17, 15) is 4.79 Å². The normalized spacial score (nSPS) is 11.6. The molecule has 3 aromatic rings. The van der Waals surface area contributed by atoms with Crippen LogP contribution in [0.4, 0.5) is 0 Å². The van der Waals surface area contributed by atoms with Gasteiger partial charge in [-0.15, -0.1) is 0 Å². The summed E-state index contributed by atoms with van der Waals surface area (Å²) in [5.74, 6) is 0.0708. The molecule has 3 rings (SSSR count). The van der Waals surface area contributed by atoms with E-state index in [2.05, 4.69) is 32.9 Å². The van der Waals surface area contributed by atoms with E-state index < -0.39 is 5.91 Å². The zero-order chi connectivity index (χ0) is 20.3. The number of carbonyl (C=O) groups is 1. The molecule has 0 aliphatic carbocycles.